The number of ether oxygens (including phenoxy) is 5. The van der Waals surface area contributed by atoms with Gasteiger partial charge in [0.05, 0.1) is 79.8 Å². The molecular formula is C87H84BCl3N14O12. The number of carbonyl (C=O) groups is 3. The molecule has 0 unspecified atom stereocenters. The Morgan fingerprint density at radius 1 is 0.444 bits per heavy atom. The number of hydrogen-bond acceptors (Lipinski definition) is 23. The number of esters is 3. The van der Waals surface area contributed by atoms with Crippen molar-refractivity contribution in [2.75, 3.05) is 26.6 Å². The molecule has 15 rings (SSSR count). The third kappa shape index (κ3) is 19.4. The highest BCUT2D eigenvalue weighted by Crippen LogP contribution is 2.40. The Hall–Kier alpha value is -12.8. The van der Waals surface area contributed by atoms with Crippen LogP contribution in [0.4, 0.5) is 11.6 Å². The van der Waals surface area contributed by atoms with E-state index >= 15 is 0 Å². The van der Waals surface area contributed by atoms with Crippen LogP contribution < -0.4 is 20.3 Å². The predicted molar refractivity (Wildman–Crippen MR) is 452 cm³/mol. The number of imidazole rings is 3. The zero-order valence-electron chi connectivity index (χ0n) is 67.6. The minimum atomic E-state index is -0.369. The van der Waals surface area contributed by atoms with Gasteiger partial charge in [0.25, 0.3) is 11.8 Å². The number of aromatic nitrogens is 12. The number of nitrogens with zero attached hydrogens (tertiary/aromatic N) is 13. The molecule has 14 aromatic rings. The van der Waals surface area contributed by atoms with Gasteiger partial charge in [-0.3, -0.25) is 0 Å². The first kappa shape index (κ1) is 85.1. The summed E-state index contributed by atoms with van der Waals surface area (Å²) in [5.74, 6) is 1.95. The van der Waals surface area contributed by atoms with Crippen LogP contribution in [0.1, 0.15) is 109 Å². The topological polar surface area (TPSA) is 323 Å². The van der Waals surface area contributed by atoms with E-state index in [1.807, 2.05) is 189 Å². The number of anilines is 2. The second-order valence-corrected chi connectivity index (χ2v) is 29.7. The van der Waals surface area contributed by atoms with E-state index in [4.69, 9.17) is 68.3 Å². The van der Waals surface area contributed by atoms with Crippen LogP contribution in [0.2, 0.25) is 15.7 Å². The number of nitrogens with one attached hydrogen (secondary N) is 1. The van der Waals surface area contributed by atoms with Crippen molar-refractivity contribution in [2.45, 2.75) is 94.3 Å². The molecule has 1 fully saturated rings. The molecule has 1 saturated heterocycles. The van der Waals surface area contributed by atoms with Gasteiger partial charge in [-0.05, 0) is 287 Å². The Morgan fingerprint density at radius 3 is 1.15 bits per heavy atom. The molecule has 0 atom stereocenters. The molecule has 3 N–H and O–H groups in total. The van der Waals surface area contributed by atoms with Gasteiger partial charge in [-0.2, -0.15) is 30.2 Å². The molecule has 26 nitrogen and oxygen atoms in total. The highest BCUT2D eigenvalue weighted by Gasteiger charge is 2.52. The molecule has 117 heavy (non-hydrogen) atoms. The molecule has 0 radical (unpaired) electrons. The number of halogens is 3. The summed E-state index contributed by atoms with van der Waals surface area (Å²) >= 11 is 17.4. The molecule has 0 aliphatic carbocycles. The lowest BCUT2D eigenvalue weighted by Gasteiger charge is -2.32. The Kier molecular flexibility index (Phi) is 26.1. The summed E-state index contributed by atoms with van der Waals surface area (Å²) in [7, 11) is 9.23. The normalized spacial score (nSPS) is 12.4. The predicted octanol–water partition coefficient (Wildman–Crippen LogP) is 18.2. The van der Waals surface area contributed by atoms with Crippen LogP contribution in [0.15, 0.2) is 165 Å². The number of methoxy groups -OCH3 is 3. The molecule has 6 aromatic heterocycles. The van der Waals surface area contributed by atoms with E-state index in [0.717, 1.165) is 89.0 Å². The number of phenols is 2. The van der Waals surface area contributed by atoms with Crippen molar-refractivity contribution < 1.29 is 57.6 Å². The van der Waals surface area contributed by atoms with Crippen molar-refractivity contribution in [2.24, 2.45) is 21.1 Å². The van der Waals surface area contributed by atoms with Gasteiger partial charge >= 0.3 is 25.0 Å². The van der Waals surface area contributed by atoms with Gasteiger partial charge in [0, 0.05) is 26.8 Å². The van der Waals surface area contributed by atoms with Crippen LogP contribution in [0.5, 0.6) is 34.8 Å². The Morgan fingerprint density at radius 2 is 0.778 bits per heavy atom. The standard InChI is InChI=1S/C29H24N6O3.C22H19ClN4O3.C16H16O3.C14H21BO3.C6H4Cl2N4/c1-17-13-22(20-7-9-21(10-8-20)28(36)37-4)14-18(2)25(17)38-27-24-26(35(3)16-31-24)33-29(34-27)32-23-11-5-19(15-30)6-12-23;1-12-9-16(14-5-7-15(8-6-14)21(28)29-4)10-13(2)18(12)30-20-17-19(25-22(23)26-20)27(3)11-24-17;1-10-8-14(9-11(2)15(10)17)12-4-6-13(7-5-12)16(18)19-3;1-9-7-11(8-10(2)12(9)16)15-17-13(3,4)14(5,6)18-15;1-12-2-9-3-4(7)10-6(8)11-5(3)12/h5-14,16H,1-4H3,(H,32,33,34);5-11H,1-4H3;4-9,17H,1-3H3;7-8,16H,1-6H3;2H,1H3. The van der Waals surface area contributed by atoms with E-state index in [1.54, 1.807) is 93.3 Å². The van der Waals surface area contributed by atoms with Crippen molar-refractivity contribution in [1.29, 1.82) is 5.26 Å². The summed E-state index contributed by atoms with van der Waals surface area (Å²) in [5, 5.41) is 32.3. The second kappa shape index (κ2) is 35.9. The van der Waals surface area contributed by atoms with Crippen molar-refractivity contribution in [1.82, 2.24) is 58.6 Å². The van der Waals surface area contributed by atoms with Gasteiger partial charge in [0.1, 0.15) is 28.5 Å². The first-order valence-corrected chi connectivity index (χ1v) is 37.6. The first-order valence-electron chi connectivity index (χ1n) is 36.5. The van der Waals surface area contributed by atoms with E-state index in [9.17, 15) is 24.6 Å². The number of benzene rings is 8. The largest absolute Gasteiger partial charge is 0.507 e. The van der Waals surface area contributed by atoms with Gasteiger partial charge in [-0.25, -0.2) is 34.3 Å². The van der Waals surface area contributed by atoms with Gasteiger partial charge in [0.2, 0.25) is 16.5 Å². The third-order valence-electron chi connectivity index (χ3n) is 19.6. The summed E-state index contributed by atoms with van der Waals surface area (Å²) in [5.41, 5.74) is 19.7. The summed E-state index contributed by atoms with van der Waals surface area (Å²) in [6, 6.07) is 46.7. The molecule has 1 aliphatic rings. The number of nitriles is 1. The number of hydrogen-bond donors (Lipinski definition) is 3. The molecular weight excluding hydrogens is 1550 g/mol. The van der Waals surface area contributed by atoms with Gasteiger partial charge in [0.15, 0.2) is 33.1 Å². The molecule has 30 heteroatoms. The lowest BCUT2D eigenvalue weighted by atomic mass is 9.77. The Labute approximate surface area is 691 Å². The lowest BCUT2D eigenvalue weighted by molar-refractivity contribution is 0.00578. The SMILES string of the molecule is COC(=O)c1ccc(-c2cc(C)c(O)c(C)c2)cc1.COC(=O)c1ccc(-c2cc(C)c(Oc3nc(Cl)nc4c3ncn4C)c(C)c2)cc1.COC(=O)c1ccc(-c2cc(C)c(Oc3nc(Nc4ccc(C#N)cc4)nc4c3ncn4C)c(C)c2)cc1.Cc1cc(B2OC(C)(C)C(C)(C)O2)cc(C)c1O.Cn1cnc2c(Cl)nc(Cl)nc21. The fraction of sp³-hybridized carbons (Fsp3) is 0.230. The zero-order chi connectivity index (χ0) is 84.6. The van der Waals surface area contributed by atoms with E-state index in [2.05, 4.69) is 61.0 Å². The fourth-order valence-electron chi connectivity index (χ4n) is 12.6. The Balaban J connectivity index is 0.000000151. The maximum atomic E-state index is 11.8. The van der Waals surface area contributed by atoms with Crippen LogP contribution >= 0.6 is 34.8 Å². The average molecular weight is 1630 g/mol. The van der Waals surface area contributed by atoms with Crippen LogP contribution in [0.3, 0.4) is 0 Å². The van der Waals surface area contributed by atoms with Crippen molar-refractivity contribution in [3.05, 3.63) is 247 Å². The van der Waals surface area contributed by atoms with Crippen LogP contribution in [0.25, 0.3) is 66.9 Å². The molecule has 7 heterocycles. The number of carbonyl (C=O) groups excluding carboxylic acids is 3. The summed E-state index contributed by atoms with van der Waals surface area (Å²) in [4.78, 5) is 72.9. The van der Waals surface area contributed by atoms with Crippen LogP contribution in [-0.4, -0.2) is 126 Å². The Bertz CT molecular complexity index is 6020. The van der Waals surface area contributed by atoms with Crippen molar-refractivity contribution in [3.63, 3.8) is 0 Å². The van der Waals surface area contributed by atoms with E-state index < -0.39 is 0 Å². The lowest BCUT2D eigenvalue weighted by Crippen LogP contribution is -2.41. The van der Waals surface area contributed by atoms with Crippen LogP contribution in [0, 0.1) is 66.7 Å². The second-order valence-electron chi connectivity index (χ2n) is 28.7. The molecule has 0 bridgehead atoms. The minimum absolute atomic E-state index is 0.0960. The van der Waals surface area contributed by atoms with Gasteiger partial charge < -0.3 is 62.2 Å². The highest BCUT2D eigenvalue weighted by molar-refractivity contribution is 6.62. The monoisotopic (exact) mass is 1630 g/mol. The molecule has 0 spiro atoms. The maximum absolute atomic E-state index is 11.8. The number of fused-ring (bicyclic) bond motifs is 3. The maximum Gasteiger partial charge on any atom is 0.494 e. The fourth-order valence-corrected chi connectivity index (χ4v) is 13.1. The molecule has 8 aromatic carbocycles. The number of aromatic hydroxyl groups is 2. The van der Waals surface area contributed by atoms with Gasteiger partial charge in [-0.1, -0.05) is 60.1 Å². The van der Waals surface area contributed by atoms with E-state index in [1.165, 1.54) is 21.3 Å². The molecule has 0 saturated carbocycles. The van der Waals surface area contributed by atoms with Crippen molar-refractivity contribution in [3.8, 4) is 74.2 Å². The highest BCUT2D eigenvalue weighted by atomic mass is 35.5. The zero-order valence-corrected chi connectivity index (χ0v) is 69.9. The quantitative estimate of drug-likeness (QED) is 0.0317. The smallest absolute Gasteiger partial charge is 0.494 e. The van der Waals surface area contributed by atoms with E-state index in [0.29, 0.717) is 96.5 Å². The summed E-state index contributed by atoms with van der Waals surface area (Å²) < 4.78 is 44.0. The van der Waals surface area contributed by atoms with E-state index in [-0.39, 0.29) is 51.9 Å². The van der Waals surface area contributed by atoms with Crippen LogP contribution in [-0.2, 0) is 44.7 Å². The number of rotatable bonds is 13. The number of phenolic OH excluding ortho intramolecular Hbond substituents is 2. The first-order chi connectivity index (χ1) is 55.6. The molecule has 0 amide bonds. The van der Waals surface area contributed by atoms with Gasteiger partial charge in [-0.15, -0.1) is 0 Å². The average Bonchev–Trinajstić information content (AvgIpc) is 1.43. The number of aryl methyl sites for hydroxylation is 11. The summed E-state index contributed by atoms with van der Waals surface area (Å²) in [6.07, 6.45) is 4.92. The van der Waals surface area contributed by atoms with Crippen molar-refractivity contribution >= 4 is 110 Å². The minimum Gasteiger partial charge on any atom is -0.507 e. The molecule has 598 valence electrons. The molecule has 1 aliphatic heterocycles. The third-order valence-corrected chi connectivity index (χ3v) is 20.2. The summed E-state index contributed by atoms with van der Waals surface area (Å²) in [6.45, 7) is 23.5.